The number of amides is 1. The number of hydrogen-bond donors (Lipinski definition) is 2. The monoisotopic (exact) mass is 222 g/mol. The molecular weight excluding hydrogens is 208 g/mol. The molecule has 0 unspecified atom stereocenters. The molecule has 2 rings (SSSR count). The van der Waals surface area contributed by atoms with Crippen molar-refractivity contribution < 1.29 is 4.79 Å². The van der Waals surface area contributed by atoms with E-state index in [1.54, 1.807) is 11.8 Å². The normalized spacial score (nSPS) is 15.8. The summed E-state index contributed by atoms with van der Waals surface area (Å²) in [6.45, 7) is 1.77. The van der Waals surface area contributed by atoms with Crippen molar-refractivity contribution in [1.29, 1.82) is 0 Å². The quantitative estimate of drug-likeness (QED) is 0.753. The summed E-state index contributed by atoms with van der Waals surface area (Å²) in [7, 11) is 0. The van der Waals surface area contributed by atoms with Crippen LogP contribution in [-0.4, -0.2) is 31.3 Å². The number of thioether (sulfide) groups is 1. The van der Waals surface area contributed by atoms with Crippen molar-refractivity contribution in [2.45, 2.75) is 10.9 Å². The first-order valence-corrected chi connectivity index (χ1v) is 6.17. The van der Waals surface area contributed by atoms with Crippen LogP contribution in [0.4, 0.5) is 0 Å². The molecule has 3 nitrogen and oxygen atoms in total. The molecule has 15 heavy (non-hydrogen) atoms. The molecule has 0 atom stereocenters. The molecule has 0 radical (unpaired) electrons. The predicted octanol–water partition coefficient (Wildman–Crippen LogP) is 1.11. The van der Waals surface area contributed by atoms with E-state index in [1.165, 1.54) is 4.90 Å². The Balaban J connectivity index is 1.98. The largest absolute Gasteiger partial charge is 0.347 e. The summed E-state index contributed by atoms with van der Waals surface area (Å²) in [5.41, 5.74) is 0.736. The second kappa shape index (κ2) is 4.68. The van der Waals surface area contributed by atoms with Gasteiger partial charge < -0.3 is 10.6 Å². The summed E-state index contributed by atoms with van der Waals surface area (Å²) in [4.78, 5) is 12.9. The number of carbonyl (C=O) groups excluding carboxylic acids is 1. The maximum absolute atomic E-state index is 11.7. The third kappa shape index (κ3) is 2.52. The molecule has 2 N–H and O–H groups in total. The fraction of sp³-hybridized carbons (Fsp3) is 0.364. The minimum absolute atomic E-state index is 0.0224. The fourth-order valence-electron chi connectivity index (χ4n) is 1.40. The molecule has 1 aromatic carbocycles. The second-order valence-corrected chi connectivity index (χ2v) is 4.44. The Morgan fingerprint density at radius 2 is 2.07 bits per heavy atom. The van der Waals surface area contributed by atoms with Crippen LogP contribution >= 0.6 is 11.8 Å². The SMILES string of the molecule is CSc1ccc(C(=O)NC2CNC2)cc1. The minimum atomic E-state index is 0.0224. The Kier molecular flexibility index (Phi) is 3.28. The van der Waals surface area contributed by atoms with Crippen molar-refractivity contribution in [2.24, 2.45) is 0 Å². The lowest BCUT2D eigenvalue weighted by atomic mass is 10.1. The molecule has 1 heterocycles. The highest BCUT2D eigenvalue weighted by atomic mass is 32.2. The highest BCUT2D eigenvalue weighted by Gasteiger charge is 2.19. The van der Waals surface area contributed by atoms with Gasteiger partial charge in [-0.15, -0.1) is 11.8 Å². The van der Waals surface area contributed by atoms with Gasteiger partial charge in [-0.25, -0.2) is 0 Å². The average Bonchev–Trinajstić information content (AvgIpc) is 2.23. The highest BCUT2D eigenvalue weighted by Crippen LogP contribution is 2.14. The van der Waals surface area contributed by atoms with Crippen molar-refractivity contribution in [3.05, 3.63) is 29.8 Å². The average molecular weight is 222 g/mol. The van der Waals surface area contributed by atoms with Gasteiger partial charge in [-0.2, -0.15) is 0 Å². The van der Waals surface area contributed by atoms with Gasteiger partial charge in [0, 0.05) is 23.5 Å². The molecule has 1 aliphatic rings. The van der Waals surface area contributed by atoms with Crippen LogP contribution in [0.2, 0.25) is 0 Å². The van der Waals surface area contributed by atoms with E-state index >= 15 is 0 Å². The molecule has 0 spiro atoms. The van der Waals surface area contributed by atoms with Gasteiger partial charge in [-0.3, -0.25) is 4.79 Å². The smallest absolute Gasteiger partial charge is 0.251 e. The van der Waals surface area contributed by atoms with E-state index in [-0.39, 0.29) is 5.91 Å². The van der Waals surface area contributed by atoms with Gasteiger partial charge in [0.2, 0.25) is 0 Å². The van der Waals surface area contributed by atoms with Gasteiger partial charge in [0.1, 0.15) is 0 Å². The first-order valence-electron chi connectivity index (χ1n) is 4.95. The zero-order chi connectivity index (χ0) is 10.7. The molecule has 0 aliphatic carbocycles. The van der Waals surface area contributed by atoms with Gasteiger partial charge in [0.15, 0.2) is 0 Å². The fourth-order valence-corrected chi connectivity index (χ4v) is 1.81. The Morgan fingerprint density at radius 3 is 2.53 bits per heavy atom. The number of hydrogen-bond acceptors (Lipinski definition) is 3. The van der Waals surface area contributed by atoms with Crippen molar-refractivity contribution in [2.75, 3.05) is 19.3 Å². The van der Waals surface area contributed by atoms with Crippen LogP contribution in [0.3, 0.4) is 0 Å². The van der Waals surface area contributed by atoms with Crippen LogP contribution in [0.15, 0.2) is 29.2 Å². The molecule has 1 aliphatic heterocycles. The van der Waals surface area contributed by atoms with Crippen molar-refractivity contribution in [3.8, 4) is 0 Å². The molecule has 1 saturated heterocycles. The lowest BCUT2D eigenvalue weighted by molar-refractivity contribution is 0.0924. The summed E-state index contributed by atoms with van der Waals surface area (Å²) in [6, 6.07) is 7.98. The summed E-state index contributed by atoms with van der Waals surface area (Å²) in [5.74, 6) is 0.0224. The van der Waals surface area contributed by atoms with E-state index in [2.05, 4.69) is 10.6 Å². The molecule has 1 aromatic rings. The molecular formula is C11H14N2OS. The van der Waals surface area contributed by atoms with E-state index in [0.717, 1.165) is 18.7 Å². The molecule has 1 amide bonds. The van der Waals surface area contributed by atoms with Gasteiger partial charge in [-0.1, -0.05) is 0 Å². The minimum Gasteiger partial charge on any atom is -0.347 e. The van der Waals surface area contributed by atoms with Crippen LogP contribution in [0.1, 0.15) is 10.4 Å². The first-order chi connectivity index (χ1) is 7.29. The zero-order valence-electron chi connectivity index (χ0n) is 8.62. The number of carbonyl (C=O) groups is 1. The molecule has 0 aromatic heterocycles. The zero-order valence-corrected chi connectivity index (χ0v) is 9.43. The summed E-state index contributed by atoms with van der Waals surface area (Å²) in [6.07, 6.45) is 2.02. The van der Waals surface area contributed by atoms with E-state index in [4.69, 9.17) is 0 Å². The molecule has 0 bridgehead atoms. The summed E-state index contributed by atoms with van der Waals surface area (Å²) >= 11 is 1.68. The molecule has 0 saturated carbocycles. The third-order valence-corrected chi connectivity index (χ3v) is 3.21. The Morgan fingerprint density at radius 1 is 1.40 bits per heavy atom. The van der Waals surface area contributed by atoms with Crippen LogP contribution in [0, 0.1) is 0 Å². The van der Waals surface area contributed by atoms with Crippen LogP contribution in [0.25, 0.3) is 0 Å². The van der Waals surface area contributed by atoms with Gasteiger partial charge in [0.25, 0.3) is 5.91 Å². The Labute approximate surface area is 93.6 Å². The predicted molar refractivity (Wildman–Crippen MR) is 62.3 cm³/mol. The van der Waals surface area contributed by atoms with E-state index in [0.29, 0.717) is 6.04 Å². The maximum atomic E-state index is 11.7. The highest BCUT2D eigenvalue weighted by molar-refractivity contribution is 7.98. The Hall–Kier alpha value is -1.00. The number of nitrogens with one attached hydrogen (secondary N) is 2. The standard InChI is InChI=1S/C11H14N2OS/c1-15-10-4-2-8(3-5-10)11(14)13-9-6-12-7-9/h2-5,9,12H,6-7H2,1H3,(H,13,14). The van der Waals surface area contributed by atoms with Crippen LogP contribution in [0.5, 0.6) is 0 Å². The van der Waals surface area contributed by atoms with E-state index in [9.17, 15) is 4.79 Å². The third-order valence-electron chi connectivity index (χ3n) is 2.47. The lowest BCUT2D eigenvalue weighted by Gasteiger charge is -2.27. The van der Waals surface area contributed by atoms with Crippen LogP contribution in [-0.2, 0) is 0 Å². The number of benzene rings is 1. The molecule has 4 heteroatoms. The molecule has 80 valence electrons. The van der Waals surface area contributed by atoms with Gasteiger partial charge in [0.05, 0.1) is 6.04 Å². The first kappa shape index (κ1) is 10.5. The van der Waals surface area contributed by atoms with Crippen molar-refractivity contribution in [3.63, 3.8) is 0 Å². The summed E-state index contributed by atoms with van der Waals surface area (Å²) in [5, 5.41) is 6.08. The maximum Gasteiger partial charge on any atom is 0.251 e. The van der Waals surface area contributed by atoms with Gasteiger partial charge in [-0.05, 0) is 30.5 Å². The van der Waals surface area contributed by atoms with E-state index < -0.39 is 0 Å². The number of rotatable bonds is 3. The second-order valence-electron chi connectivity index (χ2n) is 3.56. The van der Waals surface area contributed by atoms with Gasteiger partial charge >= 0.3 is 0 Å². The topological polar surface area (TPSA) is 41.1 Å². The van der Waals surface area contributed by atoms with Crippen molar-refractivity contribution in [1.82, 2.24) is 10.6 Å². The Bertz CT molecular complexity index is 346. The summed E-state index contributed by atoms with van der Waals surface area (Å²) < 4.78 is 0. The van der Waals surface area contributed by atoms with E-state index in [1.807, 2.05) is 30.5 Å². The lowest BCUT2D eigenvalue weighted by Crippen LogP contribution is -2.56. The van der Waals surface area contributed by atoms with Crippen LogP contribution < -0.4 is 10.6 Å². The molecule has 1 fully saturated rings. The van der Waals surface area contributed by atoms with Crippen molar-refractivity contribution >= 4 is 17.7 Å².